The maximum absolute atomic E-state index is 13.1. The highest BCUT2D eigenvalue weighted by Crippen LogP contribution is 2.38. The monoisotopic (exact) mass is 431 g/mol. The van der Waals surface area contributed by atoms with E-state index < -0.39 is 15.4 Å². The third-order valence-corrected chi connectivity index (χ3v) is 7.61. The van der Waals surface area contributed by atoms with Gasteiger partial charge in [-0.2, -0.15) is 4.31 Å². The molecule has 2 aromatic carbocycles. The van der Waals surface area contributed by atoms with E-state index in [9.17, 15) is 13.2 Å². The maximum atomic E-state index is 13.1. The third-order valence-electron chi connectivity index (χ3n) is 5.72. The van der Waals surface area contributed by atoms with Crippen LogP contribution in [0.1, 0.15) is 30.9 Å². The van der Waals surface area contributed by atoms with Gasteiger partial charge in [-0.3, -0.25) is 4.79 Å². The number of rotatable bonds is 7. The average Bonchev–Trinajstić information content (AvgIpc) is 2.75. The lowest BCUT2D eigenvalue weighted by atomic mass is 9.74. The second-order valence-electron chi connectivity index (χ2n) is 7.75. The topological polar surface area (TPSA) is 72.9 Å². The number of carbonyl (C=O) groups excluding carboxylic acids is 1. The molecule has 1 aliphatic heterocycles. The summed E-state index contributed by atoms with van der Waals surface area (Å²) in [5, 5.41) is 0. The Kier molecular flexibility index (Phi) is 6.83. The van der Waals surface area contributed by atoms with Crippen LogP contribution < -0.4 is 4.74 Å². The molecule has 1 heterocycles. The van der Waals surface area contributed by atoms with Gasteiger partial charge in [-0.1, -0.05) is 24.3 Å². The lowest BCUT2D eigenvalue weighted by molar-refractivity contribution is -0.158. The van der Waals surface area contributed by atoms with Crippen molar-refractivity contribution >= 4 is 16.0 Å². The number of aryl methyl sites for hydroxylation is 1. The minimum Gasteiger partial charge on any atom is -0.497 e. The van der Waals surface area contributed by atoms with Crippen molar-refractivity contribution in [2.24, 2.45) is 5.41 Å². The summed E-state index contributed by atoms with van der Waals surface area (Å²) in [5.74, 6) is 0.497. The van der Waals surface area contributed by atoms with E-state index in [0.717, 1.165) is 16.9 Å². The predicted molar refractivity (Wildman–Crippen MR) is 115 cm³/mol. The summed E-state index contributed by atoms with van der Waals surface area (Å²) in [4.78, 5) is 13.2. The SMILES string of the molecule is CCOC(=O)C1(Cc2ccc(OC)cc2)CCN(S(=O)(=O)c2cccc(C)c2)CC1. The molecule has 2 aromatic rings. The molecule has 6 nitrogen and oxygen atoms in total. The van der Waals surface area contributed by atoms with Gasteiger partial charge in [0.2, 0.25) is 10.0 Å². The number of hydrogen-bond donors (Lipinski definition) is 0. The van der Waals surface area contributed by atoms with E-state index in [-0.39, 0.29) is 19.1 Å². The van der Waals surface area contributed by atoms with Crippen LogP contribution in [0, 0.1) is 12.3 Å². The largest absolute Gasteiger partial charge is 0.497 e. The molecule has 0 spiro atoms. The second kappa shape index (κ2) is 9.18. The number of ether oxygens (including phenoxy) is 2. The Morgan fingerprint density at radius 1 is 1.10 bits per heavy atom. The van der Waals surface area contributed by atoms with Gasteiger partial charge >= 0.3 is 5.97 Å². The average molecular weight is 432 g/mol. The normalized spacial score (nSPS) is 16.8. The van der Waals surface area contributed by atoms with Crippen LogP contribution in [-0.2, 0) is 26.0 Å². The van der Waals surface area contributed by atoms with Crippen LogP contribution in [0.5, 0.6) is 5.75 Å². The lowest BCUT2D eigenvalue weighted by Gasteiger charge is -2.39. The third kappa shape index (κ3) is 4.68. The molecular weight excluding hydrogens is 402 g/mol. The van der Waals surface area contributed by atoms with E-state index in [0.29, 0.717) is 30.8 Å². The van der Waals surface area contributed by atoms with Crippen LogP contribution in [0.3, 0.4) is 0 Å². The van der Waals surface area contributed by atoms with Gasteiger partial charge in [-0.15, -0.1) is 0 Å². The molecular formula is C23H29NO5S. The number of benzene rings is 2. The van der Waals surface area contributed by atoms with E-state index in [4.69, 9.17) is 9.47 Å². The van der Waals surface area contributed by atoms with Gasteiger partial charge in [0.25, 0.3) is 0 Å². The summed E-state index contributed by atoms with van der Waals surface area (Å²) in [7, 11) is -1.98. The fraction of sp³-hybridized carbons (Fsp3) is 0.435. The van der Waals surface area contributed by atoms with Crippen LogP contribution in [0.25, 0.3) is 0 Å². The highest BCUT2D eigenvalue weighted by molar-refractivity contribution is 7.89. The number of nitrogens with zero attached hydrogens (tertiary/aromatic N) is 1. The molecule has 0 amide bonds. The van der Waals surface area contributed by atoms with Crippen molar-refractivity contribution in [2.75, 3.05) is 26.8 Å². The minimum absolute atomic E-state index is 0.256. The first-order chi connectivity index (χ1) is 14.3. The number of hydrogen-bond acceptors (Lipinski definition) is 5. The van der Waals surface area contributed by atoms with Crippen molar-refractivity contribution in [1.82, 2.24) is 4.31 Å². The quantitative estimate of drug-likeness (QED) is 0.627. The van der Waals surface area contributed by atoms with Crippen molar-refractivity contribution in [3.05, 3.63) is 59.7 Å². The molecule has 0 N–H and O–H groups in total. The van der Waals surface area contributed by atoms with Crippen molar-refractivity contribution < 1.29 is 22.7 Å². The van der Waals surface area contributed by atoms with Gasteiger partial charge in [-0.25, -0.2) is 8.42 Å². The smallest absolute Gasteiger partial charge is 0.312 e. The van der Waals surface area contributed by atoms with Crippen molar-refractivity contribution in [2.45, 2.75) is 38.0 Å². The summed E-state index contributed by atoms with van der Waals surface area (Å²) in [5.41, 5.74) is 1.16. The first-order valence-corrected chi connectivity index (χ1v) is 11.6. The Hall–Kier alpha value is -2.38. The Bertz CT molecular complexity index is 977. The second-order valence-corrected chi connectivity index (χ2v) is 9.68. The number of carbonyl (C=O) groups is 1. The van der Waals surface area contributed by atoms with Crippen LogP contribution in [-0.4, -0.2) is 45.5 Å². The van der Waals surface area contributed by atoms with E-state index >= 15 is 0 Å². The van der Waals surface area contributed by atoms with Crippen molar-refractivity contribution in [3.63, 3.8) is 0 Å². The fourth-order valence-corrected chi connectivity index (χ4v) is 5.50. The fourth-order valence-electron chi connectivity index (χ4n) is 3.95. The summed E-state index contributed by atoms with van der Waals surface area (Å²) in [6, 6.07) is 14.5. The van der Waals surface area contributed by atoms with Gasteiger partial charge in [-0.05, 0) is 68.5 Å². The zero-order valence-electron chi connectivity index (χ0n) is 17.8. The number of sulfonamides is 1. The van der Waals surface area contributed by atoms with Crippen LogP contribution in [0.4, 0.5) is 0 Å². The first-order valence-electron chi connectivity index (χ1n) is 10.2. The molecule has 0 unspecified atom stereocenters. The highest BCUT2D eigenvalue weighted by Gasteiger charge is 2.45. The molecule has 7 heteroatoms. The van der Waals surface area contributed by atoms with E-state index in [1.165, 1.54) is 4.31 Å². The zero-order chi connectivity index (χ0) is 21.8. The predicted octanol–water partition coefficient (Wildman–Crippen LogP) is 3.58. The van der Waals surface area contributed by atoms with Gasteiger partial charge in [0, 0.05) is 13.1 Å². The molecule has 0 bridgehead atoms. The Labute approximate surface area is 178 Å². The Morgan fingerprint density at radius 2 is 1.77 bits per heavy atom. The molecule has 0 aliphatic carbocycles. The molecule has 0 saturated carbocycles. The van der Waals surface area contributed by atoms with Gasteiger partial charge < -0.3 is 9.47 Å². The van der Waals surface area contributed by atoms with E-state index in [2.05, 4.69) is 0 Å². The molecule has 3 rings (SSSR count). The molecule has 162 valence electrons. The standard InChI is InChI=1S/C23H29NO5S/c1-4-29-22(25)23(17-19-8-10-20(28-3)11-9-19)12-14-24(15-13-23)30(26,27)21-7-5-6-18(2)16-21/h5-11,16H,4,12-15,17H2,1-3H3. The number of esters is 1. The molecule has 1 aliphatic rings. The number of methoxy groups -OCH3 is 1. The van der Waals surface area contributed by atoms with Crippen molar-refractivity contribution in [3.8, 4) is 5.75 Å². The maximum Gasteiger partial charge on any atom is 0.312 e. The van der Waals surface area contributed by atoms with E-state index in [1.54, 1.807) is 32.2 Å². The Balaban J connectivity index is 1.81. The van der Waals surface area contributed by atoms with Crippen LogP contribution in [0.2, 0.25) is 0 Å². The first kappa shape index (κ1) is 22.3. The summed E-state index contributed by atoms with van der Waals surface area (Å²) >= 11 is 0. The van der Waals surface area contributed by atoms with Gasteiger partial charge in [0.05, 0.1) is 24.0 Å². The van der Waals surface area contributed by atoms with Gasteiger partial charge in [0.15, 0.2) is 0 Å². The minimum atomic E-state index is -3.59. The summed E-state index contributed by atoms with van der Waals surface area (Å²) < 4.78 is 38.2. The molecule has 0 radical (unpaired) electrons. The molecule has 0 atom stereocenters. The van der Waals surface area contributed by atoms with E-state index in [1.807, 2.05) is 37.3 Å². The highest BCUT2D eigenvalue weighted by atomic mass is 32.2. The lowest BCUT2D eigenvalue weighted by Crippen LogP contribution is -2.48. The van der Waals surface area contributed by atoms with Crippen LogP contribution in [0.15, 0.2) is 53.4 Å². The van der Waals surface area contributed by atoms with Crippen LogP contribution >= 0.6 is 0 Å². The molecule has 1 saturated heterocycles. The molecule has 0 aromatic heterocycles. The van der Waals surface area contributed by atoms with Gasteiger partial charge in [0.1, 0.15) is 5.75 Å². The number of piperidine rings is 1. The molecule has 1 fully saturated rings. The zero-order valence-corrected chi connectivity index (χ0v) is 18.6. The Morgan fingerprint density at radius 3 is 2.33 bits per heavy atom. The summed E-state index contributed by atoms with van der Waals surface area (Å²) in [6.07, 6.45) is 1.35. The summed E-state index contributed by atoms with van der Waals surface area (Å²) in [6.45, 7) is 4.52. The van der Waals surface area contributed by atoms with Crippen molar-refractivity contribution in [1.29, 1.82) is 0 Å². The molecule has 30 heavy (non-hydrogen) atoms.